The SMILES string of the molecule is O=C(NC1CCCC1)[C@@H]1CCCCOc2cccc(c2)C[C@H](N2CCCC2=O)C(=O)N[C@@H](CCN2CCC(F)(F)CC2)C(=O)N1. The number of hydrogen-bond donors (Lipinski definition) is 3. The zero-order valence-electron chi connectivity index (χ0n) is 26.0. The molecule has 0 aromatic heterocycles. The number of hydrogen-bond acceptors (Lipinski definition) is 6. The van der Waals surface area contributed by atoms with Gasteiger partial charge in [-0.25, -0.2) is 8.78 Å². The molecule has 1 aliphatic carbocycles. The van der Waals surface area contributed by atoms with Crippen molar-refractivity contribution in [2.75, 3.05) is 32.8 Å². The molecule has 1 aromatic carbocycles. The molecule has 248 valence electrons. The van der Waals surface area contributed by atoms with Gasteiger partial charge in [0.25, 0.3) is 5.92 Å². The summed E-state index contributed by atoms with van der Waals surface area (Å²) in [5.74, 6) is -3.33. The van der Waals surface area contributed by atoms with Gasteiger partial charge in [-0.1, -0.05) is 25.0 Å². The van der Waals surface area contributed by atoms with Crippen LogP contribution in [0.15, 0.2) is 24.3 Å². The Kier molecular flexibility index (Phi) is 11.3. The van der Waals surface area contributed by atoms with E-state index in [4.69, 9.17) is 4.74 Å². The first kappa shape index (κ1) is 33.1. The zero-order valence-corrected chi connectivity index (χ0v) is 26.0. The topological polar surface area (TPSA) is 120 Å². The predicted molar refractivity (Wildman–Crippen MR) is 164 cm³/mol. The summed E-state index contributed by atoms with van der Waals surface area (Å²) in [7, 11) is 0. The summed E-state index contributed by atoms with van der Waals surface area (Å²) in [4.78, 5) is 57.5. The maximum atomic E-state index is 14.0. The Morgan fingerprint density at radius 3 is 2.44 bits per heavy atom. The van der Waals surface area contributed by atoms with Crippen LogP contribution in [0.25, 0.3) is 0 Å². The van der Waals surface area contributed by atoms with Gasteiger partial charge in [0.2, 0.25) is 23.6 Å². The van der Waals surface area contributed by atoms with E-state index < -0.39 is 35.9 Å². The number of halogens is 2. The number of benzene rings is 1. The summed E-state index contributed by atoms with van der Waals surface area (Å²) in [6.45, 7) is 1.60. The first-order valence-electron chi connectivity index (χ1n) is 16.7. The highest BCUT2D eigenvalue weighted by atomic mass is 19.3. The number of piperidine rings is 1. The molecule has 12 heteroatoms. The lowest BCUT2D eigenvalue weighted by Crippen LogP contribution is -2.58. The molecule has 3 aliphatic heterocycles. The number of nitrogens with zero attached hydrogens (tertiary/aromatic N) is 2. The Labute approximate surface area is 264 Å². The molecule has 2 bridgehead atoms. The van der Waals surface area contributed by atoms with Gasteiger partial charge in [0.15, 0.2) is 0 Å². The number of amides is 4. The van der Waals surface area contributed by atoms with E-state index in [1.54, 1.807) is 4.90 Å². The molecule has 4 amide bonds. The van der Waals surface area contributed by atoms with Gasteiger partial charge in [-0.15, -0.1) is 0 Å². The van der Waals surface area contributed by atoms with Crippen LogP contribution in [-0.2, 0) is 25.6 Å². The average molecular weight is 632 g/mol. The Morgan fingerprint density at radius 1 is 0.956 bits per heavy atom. The number of likely N-dealkylation sites (tertiary alicyclic amines) is 2. The third-order valence-corrected chi connectivity index (χ3v) is 9.56. The Morgan fingerprint density at radius 2 is 1.71 bits per heavy atom. The van der Waals surface area contributed by atoms with Crippen LogP contribution in [0.4, 0.5) is 8.78 Å². The highest BCUT2D eigenvalue weighted by Gasteiger charge is 2.37. The largest absolute Gasteiger partial charge is 0.494 e. The van der Waals surface area contributed by atoms with Crippen LogP contribution in [0.5, 0.6) is 5.75 Å². The first-order chi connectivity index (χ1) is 21.7. The third kappa shape index (κ3) is 9.37. The summed E-state index contributed by atoms with van der Waals surface area (Å²) in [6, 6.07) is 4.92. The molecular formula is C33H47F2N5O5. The molecular weight excluding hydrogens is 584 g/mol. The number of carbonyl (C=O) groups is 4. The van der Waals surface area contributed by atoms with E-state index >= 15 is 0 Å². The van der Waals surface area contributed by atoms with Crippen LogP contribution in [0.1, 0.15) is 82.6 Å². The van der Waals surface area contributed by atoms with E-state index in [1.807, 2.05) is 29.2 Å². The van der Waals surface area contributed by atoms with Crippen molar-refractivity contribution in [2.45, 2.75) is 114 Å². The van der Waals surface area contributed by atoms with Crippen molar-refractivity contribution in [2.24, 2.45) is 0 Å². The lowest BCUT2D eigenvalue weighted by atomic mass is 10.0. The number of nitrogens with one attached hydrogen (secondary N) is 3. The van der Waals surface area contributed by atoms with Crippen LogP contribution in [0.2, 0.25) is 0 Å². The van der Waals surface area contributed by atoms with Crippen LogP contribution in [-0.4, -0.2) is 96.3 Å². The second kappa shape index (κ2) is 15.3. The molecule has 0 radical (unpaired) electrons. The quantitative estimate of drug-likeness (QED) is 0.444. The zero-order chi connectivity index (χ0) is 31.8. The maximum absolute atomic E-state index is 14.0. The van der Waals surface area contributed by atoms with Gasteiger partial charge in [-0.3, -0.25) is 19.2 Å². The van der Waals surface area contributed by atoms with Crippen molar-refractivity contribution < 1.29 is 32.7 Å². The molecule has 3 fully saturated rings. The van der Waals surface area contributed by atoms with E-state index in [0.717, 1.165) is 31.2 Å². The molecule has 10 nitrogen and oxygen atoms in total. The minimum atomic E-state index is -2.69. The van der Waals surface area contributed by atoms with Crippen LogP contribution < -0.4 is 20.7 Å². The van der Waals surface area contributed by atoms with Crippen molar-refractivity contribution in [3.63, 3.8) is 0 Å². The second-order valence-electron chi connectivity index (χ2n) is 13.0. The number of alkyl halides is 2. The Balaban J connectivity index is 1.38. The van der Waals surface area contributed by atoms with E-state index in [9.17, 15) is 28.0 Å². The van der Waals surface area contributed by atoms with Gasteiger partial charge in [0, 0.05) is 57.9 Å². The lowest BCUT2D eigenvalue weighted by molar-refractivity contribution is -0.139. The van der Waals surface area contributed by atoms with Gasteiger partial charge in [-0.2, -0.15) is 0 Å². The molecule has 3 atom stereocenters. The predicted octanol–water partition coefficient (Wildman–Crippen LogP) is 2.93. The summed E-state index contributed by atoms with van der Waals surface area (Å²) in [6.07, 6.45) is 6.58. The molecule has 5 rings (SSSR count). The van der Waals surface area contributed by atoms with E-state index in [2.05, 4.69) is 16.0 Å². The van der Waals surface area contributed by atoms with Crippen molar-refractivity contribution in [1.29, 1.82) is 0 Å². The van der Waals surface area contributed by atoms with Crippen molar-refractivity contribution >= 4 is 23.6 Å². The molecule has 1 saturated carbocycles. The molecule has 2 saturated heterocycles. The second-order valence-corrected chi connectivity index (χ2v) is 13.0. The molecule has 0 unspecified atom stereocenters. The summed E-state index contributed by atoms with van der Waals surface area (Å²) < 4.78 is 33.6. The van der Waals surface area contributed by atoms with Crippen molar-refractivity contribution in [3.05, 3.63) is 29.8 Å². The summed E-state index contributed by atoms with van der Waals surface area (Å²) >= 11 is 0. The third-order valence-electron chi connectivity index (χ3n) is 9.56. The molecule has 45 heavy (non-hydrogen) atoms. The number of carbonyl (C=O) groups excluding carboxylic acids is 4. The fourth-order valence-electron chi connectivity index (χ4n) is 6.83. The number of ether oxygens (including phenoxy) is 1. The molecule has 4 aliphatic rings. The highest BCUT2D eigenvalue weighted by molar-refractivity contribution is 5.94. The van der Waals surface area contributed by atoms with Crippen molar-refractivity contribution in [3.8, 4) is 5.75 Å². The van der Waals surface area contributed by atoms with E-state index in [-0.39, 0.29) is 56.6 Å². The molecule has 3 heterocycles. The van der Waals surface area contributed by atoms with Gasteiger partial charge in [-0.05, 0) is 62.6 Å². The van der Waals surface area contributed by atoms with Gasteiger partial charge in [0.05, 0.1) is 6.61 Å². The number of rotatable bonds is 6. The maximum Gasteiger partial charge on any atom is 0.250 e. The minimum absolute atomic E-state index is 0.0804. The van der Waals surface area contributed by atoms with Crippen LogP contribution in [0, 0.1) is 0 Å². The van der Waals surface area contributed by atoms with Gasteiger partial charge < -0.3 is 30.5 Å². The summed E-state index contributed by atoms with van der Waals surface area (Å²) in [5, 5.41) is 8.92. The monoisotopic (exact) mass is 631 g/mol. The van der Waals surface area contributed by atoms with E-state index in [0.29, 0.717) is 57.6 Å². The Bertz CT molecular complexity index is 1200. The molecule has 1 aromatic rings. The van der Waals surface area contributed by atoms with Crippen molar-refractivity contribution in [1.82, 2.24) is 25.8 Å². The molecule has 3 N–H and O–H groups in total. The molecule has 0 spiro atoms. The van der Waals surface area contributed by atoms with Crippen LogP contribution >= 0.6 is 0 Å². The van der Waals surface area contributed by atoms with E-state index in [1.165, 1.54) is 0 Å². The Hall–Kier alpha value is -3.28. The number of fused-ring (bicyclic) bond motifs is 2. The van der Waals surface area contributed by atoms with Crippen LogP contribution in [0.3, 0.4) is 0 Å². The summed E-state index contributed by atoms with van der Waals surface area (Å²) in [5.41, 5.74) is 0.832. The average Bonchev–Trinajstić information content (AvgIpc) is 3.69. The highest BCUT2D eigenvalue weighted by Crippen LogP contribution is 2.28. The van der Waals surface area contributed by atoms with Gasteiger partial charge in [0.1, 0.15) is 23.9 Å². The standard InChI is InChI=1S/C33H47F2N5O5/c34-33(35)14-18-39(19-15-33)17-13-27-31(43)37-26(30(42)36-24-8-1-2-9-24)11-3-4-20-45-25-10-5-7-23(21-25)22-28(32(44)38-27)40-16-6-12-29(40)41/h5,7,10,21,24,26-28H,1-4,6,8-9,11-20,22H2,(H,36,42)(H,37,43)(H,38,44)/t26-,27-,28-/m0/s1. The minimum Gasteiger partial charge on any atom is -0.494 e. The fraction of sp³-hybridized carbons (Fsp3) is 0.697. The van der Waals surface area contributed by atoms with Gasteiger partial charge >= 0.3 is 0 Å². The normalized spacial score (nSPS) is 27.5. The smallest absolute Gasteiger partial charge is 0.250 e. The lowest BCUT2D eigenvalue weighted by Gasteiger charge is -2.33. The first-order valence-corrected chi connectivity index (χ1v) is 16.7. The fourth-order valence-corrected chi connectivity index (χ4v) is 6.83.